The van der Waals surface area contributed by atoms with Crippen molar-refractivity contribution in [3.8, 4) is 11.5 Å². The van der Waals surface area contributed by atoms with Crippen molar-refractivity contribution in [2.45, 2.75) is 13.8 Å². The van der Waals surface area contributed by atoms with Gasteiger partial charge in [0.1, 0.15) is 5.02 Å². The van der Waals surface area contributed by atoms with E-state index in [2.05, 4.69) is 0 Å². The molecule has 2 aromatic carbocycles. The lowest BCUT2D eigenvalue weighted by Crippen LogP contribution is -1.99. The van der Waals surface area contributed by atoms with Crippen LogP contribution in [0.3, 0.4) is 0 Å². The number of hydrogen-bond donors (Lipinski definition) is 0. The summed E-state index contributed by atoms with van der Waals surface area (Å²) in [7, 11) is 0. The van der Waals surface area contributed by atoms with Gasteiger partial charge in [-0.25, -0.2) is 0 Å². The fraction of sp³-hybridized carbons (Fsp3) is 0.211. The summed E-state index contributed by atoms with van der Waals surface area (Å²) in [5, 5.41) is 10.9. The van der Waals surface area contributed by atoms with Gasteiger partial charge in [0.05, 0.1) is 18.1 Å². The third-order valence-corrected chi connectivity index (χ3v) is 3.74. The minimum atomic E-state index is -0.621. The number of nitrogens with zero attached hydrogens (tertiary/aromatic N) is 1. The maximum absolute atomic E-state index is 12.3. The van der Waals surface area contributed by atoms with Gasteiger partial charge in [-0.3, -0.25) is 14.9 Å². The monoisotopic (exact) mass is 375 g/mol. The molecule has 0 saturated carbocycles. The molecule has 0 aromatic heterocycles. The Bertz CT molecular complexity index is 848. The summed E-state index contributed by atoms with van der Waals surface area (Å²) in [6.45, 7) is 4.76. The van der Waals surface area contributed by atoms with Crippen molar-refractivity contribution in [1.29, 1.82) is 0 Å². The second-order valence-corrected chi connectivity index (χ2v) is 5.60. The Morgan fingerprint density at radius 2 is 1.81 bits per heavy atom. The van der Waals surface area contributed by atoms with Crippen LogP contribution >= 0.6 is 11.6 Å². The minimum Gasteiger partial charge on any atom is -0.490 e. The van der Waals surface area contributed by atoms with Crippen molar-refractivity contribution in [2.75, 3.05) is 13.2 Å². The van der Waals surface area contributed by atoms with E-state index in [1.54, 1.807) is 24.3 Å². The lowest BCUT2D eigenvalue weighted by molar-refractivity contribution is -0.384. The van der Waals surface area contributed by atoms with Crippen molar-refractivity contribution in [3.05, 3.63) is 68.7 Å². The molecule has 0 aliphatic carbocycles. The Morgan fingerprint density at radius 3 is 2.46 bits per heavy atom. The summed E-state index contributed by atoms with van der Waals surface area (Å²) >= 11 is 5.76. The summed E-state index contributed by atoms with van der Waals surface area (Å²) in [5.74, 6) is 0.855. The van der Waals surface area contributed by atoms with Crippen LogP contribution in [0.5, 0.6) is 11.5 Å². The predicted octanol–water partition coefficient (Wildman–Crippen LogP) is 4.94. The standard InChI is InChI=1S/C19H18ClNO5/c1-3-25-18-10-6-13(11-19(18)26-4-2)5-9-17(22)14-7-8-15(20)16(12-14)21(23)24/h5-12H,3-4H2,1-2H3/b9-5+. The fourth-order valence-electron chi connectivity index (χ4n) is 2.25. The number of hydrogen-bond acceptors (Lipinski definition) is 5. The van der Waals surface area contributed by atoms with E-state index in [1.807, 2.05) is 13.8 Å². The van der Waals surface area contributed by atoms with Gasteiger partial charge in [0.2, 0.25) is 0 Å². The first kappa shape index (κ1) is 19.5. The Kier molecular flexibility index (Phi) is 6.74. The number of benzene rings is 2. The molecule has 0 N–H and O–H groups in total. The van der Waals surface area contributed by atoms with Crippen LogP contribution in [0.1, 0.15) is 29.8 Å². The van der Waals surface area contributed by atoms with Gasteiger partial charge >= 0.3 is 0 Å². The summed E-state index contributed by atoms with van der Waals surface area (Å²) in [4.78, 5) is 22.6. The van der Waals surface area contributed by atoms with Crippen LogP contribution in [-0.4, -0.2) is 23.9 Å². The lowest BCUT2D eigenvalue weighted by atomic mass is 10.1. The molecule has 26 heavy (non-hydrogen) atoms. The molecule has 0 radical (unpaired) electrons. The van der Waals surface area contributed by atoms with Crippen molar-refractivity contribution in [1.82, 2.24) is 0 Å². The van der Waals surface area contributed by atoms with Gasteiger partial charge in [0, 0.05) is 11.6 Å². The Balaban J connectivity index is 2.23. The topological polar surface area (TPSA) is 78.7 Å². The molecule has 0 spiro atoms. The first-order chi connectivity index (χ1) is 12.5. The molecule has 0 bridgehead atoms. The van der Waals surface area contributed by atoms with Gasteiger partial charge in [-0.05, 0) is 49.8 Å². The number of nitro benzene ring substituents is 1. The van der Waals surface area contributed by atoms with E-state index >= 15 is 0 Å². The molecular formula is C19H18ClNO5. The normalized spacial score (nSPS) is 10.7. The first-order valence-electron chi connectivity index (χ1n) is 8.02. The molecule has 0 atom stereocenters. The highest BCUT2D eigenvalue weighted by Gasteiger charge is 2.15. The smallest absolute Gasteiger partial charge is 0.288 e. The number of halogens is 1. The van der Waals surface area contributed by atoms with E-state index in [4.69, 9.17) is 21.1 Å². The summed E-state index contributed by atoms with van der Waals surface area (Å²) < 4.78 is 11.0. The highest BCUT2D eigenvalue weighted by Crippen LogP contribution is 2.29. The molecule has 0 unspecified atom stereocenters. The van der Waals surface area contributed by atoms with Crippen LogP contribution in [-0.2, 0) is 0 Å². The Morgan fingerprint density at radius 1 is 1.12 bits per heavy atom. The van der Waals surface area contributed by atoms with Crippen LogP contribution in [0.15, 0.2) is 42.5 Å². The summed E-state index contributed by atoms with van der Waals surface area (Å²) in [5.41, 5.74) is 0.632. The van der Waals surface area contributed by atoms with Crippen molar-refractivity contribution >= 4 is 29.1 Å². The Labute approximate surface area is 156 Å². The van der Waals surface area contributed by atoms with Gasteiger partial charge in [-0.15, -0.1) is 0 Å². The molecule has 2 aromatic rings. The Hall–Kier alpha value is -2.86. The number of nitro groups is 1. The largest absolute Gasteiger partial charge is 0.490 e. The van der Waals surface area contributed by atoms with E-state index in [-0.39, 0.29) is 22.1 Å². The number of allylic oxidation sites excluding steroid dienone is 1. The van der Waals surface area contributed by atoms with Crippen molar-refractivity contribution < 1.29 is 19.2 Å². The highest BCUT2D eigenvalue weighted by atomic mass is 35.5. The number of rotatable bonds is 8. The molecule has 0 aliphatic heterocycles. The zero-order valence-corrected chi connectivity index (χ0v) is 15.2. The number of ether oxygens (including phenoxy) is 2. The average molecular weight is 376 g/mol. The van der Waals surface area contributed by atoms with Gasteiger partial charge in [-0.1, -0.05) is 23.7 Å². The zero-order valence-electron chi connectivity index (χ0n) is 14.4. The number of carbonyl (C=O) groups is 1. The number of carbonyl (C=O) groups excluding carboxylic acids is 1. The molecule has 7 heteroatoms. The average Bonchev–Trinajstić information content (AvgIpc) is 2.62. The fourth-order valence-corrected chi connectivity index (χ4v) is 2.43. The third kappa shape index (κ3) is 4.83. The number of ketones is 1. The zero-order chi connectivity index (χ0) is 19.1. The van der Waals surface area contributed by atoms with Crippen molar-refractivity contribution in [3.63, 3.8) is 0 Å². The second-order valence-electron chi connectivity index (χ2n) is 5.19. The van der Waals surface area contributed by atoms with Gasteiger partial charge in [-0.2, -0.15) is 0 Å². The van der Waals surface area contributed by atoms with Crippen LogP contribution in [0, 0.1) is 10.1 Å². The maximum Gasteiger partial charge on any atom is 0.288 e. The second kappa shape index (κ2) is 9.01. The highest BCUT2D eigenvalue weighted by molar-refractivity contribution is 6.32. The summed E-state index contributed by atoms with van der Waals surface area (Å²) in [6, 6.07) is 9.28. The van der Waals surface area contributed by atoms with Crippen molar-refractivity contribution in [2.24, 2.45) is 0 Å². The molecule has 0 fully saturated rings. The van der Waals surface area contributed by atoms with Crippen LogP contribution in [0.4, 0.5) is 5.69 Å². The molecule has 136 valence electrons. The van der Waals surface area contributed by atoms with Gasteiger partial charge in [0.15, 0.2) is 17.3 Å². The lowest BCUT2D eigenvalue weighted by Gasteiger charge is -2.11. The molecule has 6 nitrogen and oxygen atoms in total. The first-order valence-corrected chi connectivity index (χ1v) is 8.40. The van der Waals surface area contributed by atoms with E-state index < -0.39 is 4.92 Å². The minimum absolute atomic E-state index is 0.0107. The molecule has 0 heterocycles. The molecule has 0 aliphatic rings. The maximum atomic E-state index is 12.3. The van der Waals surface area contributed by atoms with Gasteiger partial charge in [0.25, 0.3) is 5.69 Å². The quantitative estimate of drug-likeness (QED) is 0.282. The van der Waals surface area contributed by atoms with Gasteiger partial charge < -0.3 is 9.47 Å². The van der Waals surface area contributed by atoms with Crippen LogP contribution in [0.25, 0.3) is 6.08 Å². The van der Waals surface area contributed by atoms with Crippen LogP contribution in [0.2, 0.25) is 5.02 Å². The SMILES string of the molecule is CCOc1ccc(/C=C/C(=O)c2ccc(Cl)c([N+](=O)[O-])c2)cc1OCC. The molecule has 0 amide bonds. The third-order valence-electron chi connectivity index (χ3n) is 3.42. The van der Waals surface area contributed by atoms with E-state index in [1.165, 1.54) is 24.3 Å². The summed E-state index contributed by atoms with van der Waals surface area (Å²) in [6.07, 6.45) is 2.96. The molecule has 0 saturated heterocycles. The molecule has 2 rings (SSSR count). The predicted molar refractivity (Wildman–Crippen MR) is 100 cm³/mol. The van der Waals surface area contributed by atoms with Crippen LogP contribution < -0.4 is 9.47 Å². The molecular weight excluding hydrogens is 358 g/mol. The van der Waals surface area contributed by atoms with E-state index in [0.717, 1.165) is 5.56 Å². The van der Waals surface area contributed by atoms with E-state index in [0.29, 0.717) is 24.7 Å². The van der Waals surface area contributed by atoms with E-state index in [9.17, 15) is 14.9 Å².